The molecule has 0 unspecified atom stereocenters. The topological polar surface area (TPSA) is 49.8 Å². The van der Waals surface area contributed by atoms with Crippen LogP contribution in [0.15, 0.2) is 18.2 Å². The SMILES string of the molecule is O=C(OC(Cl)(Cl)Cl)N1CC[C@H](Cc2ccc(Cl)c(Cl)c2)[C@H](CO)C1. The summed E-state index contributed by atoms with van der Waals surface area (Å²) in [5, 5.41) is 10.7. The number of rotatable bonds is 3. The lowest BCUT2D eigenvalue weighted by atomic mass is 9.82. The smallest absolute Gasteiger partial charge is 0.398 e. The van der Waals surface area contributed by atoms with Gasteiger partial charge in [-0.15, -0.1) is 0 Å². The van der Waals surface area contributed by atoms with Crippen LogP contribution in [0.25, 0.3) is 0 Å². The maximum atomic E-state index is 12.0. The summed E-state index contributed by atoms with van der Waals surface area (Å²) in [6, 6.07) is 5.48. The van der Waals surface area contributed by atoms with Crippen molar-refractivity contribution < 1.29 is 14.6 Å². The number of piperidine rings is 1. The van der Waals surface area contributed by atoms with E-state index in [9.17, 15) is 9.90 Å². The Balaban J connectivity index is 1.99. The van der Waals surface area contributed by atoms with Crippen LogP contribution in [-0.4, -0.2) is 39.8 Å². The van der Waals surface area contributed by atoms with Crippen LogP contribution in [0.2, 0.25) is 10.0 Å². The number of amides is 1. The number of halogens is 5. The average molecular weight is 436 g/mol. The first kappa shape index (κ1) is 20.2. The van der Waals surface area contributed by atoms with E-state index in [4.69, 9.17) is 62.7 Å². The third-order valence-electron chi connectivity index (χ3n) is 4.07. The van der Waals surface area contributed by atoms with E-state index in [2.05, 4.69) is 0 Å². The van der Waals surface area contributed by atoms with Crippen LogP contribution in [0.3, 0.4) is 0 Å². The highest BCUT2D eigenvalue weighted by molar-refractivity contribution is 6.66. The van der Waals surface area contributed by atoms with Crippen molar-refractivity contribution in [2.45, 2.75) is 16.8 Å². The number of nitrogens with zero attached hydrogens (tertiary/aromatic N) is 1. The number of ether oxygens (including phenoxy) is 1. The predicted molar refractivity (Wildman–Crippen MR) is 97.2 cm³/mol. The zero-order valence-electron chi connectivity index (χ0n) is 12.5. The van der Waals surface area contributed by atoms with Crippen LogP contribution in [-0.2, 0) is 11.2 Å². The monoisotopic (exact) mass is 433 g/mol. The van der Waals surface area contributed by atoms with Gasteiger partial charge in [-0.2, -0.15) is 0 Å². The minimum Gasteiger partial charge on any atom is -0.398 e. The van der Waals surface area contributed by atoms with Crippen LogP contribution in [0.1, 0.15) is 12.0 Å². The van der Waals surface area contributed by atoms with E-state index in [1.54, 1.807) is 6.07 Å². The van der Waals surface area contributed by atoms with Gasteiger partial charge in [0.1, 0.15) is 0 Å². The highest BCUT2D eigenvalue weighted by Gasteiger charge is 2.35. The second kappa shape index (κ2) is 8.52. The molecule has 0 aromatic heterocycles. The number of aliphatic hydroxyl groups is 1. The molecule has 2 rings (SSSR count). The van der Waals surface area contributed by atoms with Crippen molar-refractivity contribution >= 4 is 64.1 Å². The van der Waals surface area contributed by atoms with Gasteiger partial charge in [0.2, 0.25) is 0 Å². The van der Waals surface area contributed by atoms with E-state index in [0.717, 1.165) is 12.0 Å². The number of carbonyl (C=O) groups is 1. The van der Waals surface area contributed by atoms with Gasteiger partial charge in [-0.05, 0) is 71.3 Å². The van der Waals surface area contributed by atoms with Crippen LogP contribution in [0, 0.1) is 11.8 Å². The van der Waals surface area contributed by atoms with E-state index < -0.39 is 10.1 Å². The van der Waals surface area contributed by atoms with Crippen LogP contribution >= 0.6 is 58.0 Å². The molecule has 1 aliphatic rings. The lowest BCUT2D eigenvalue weighted by molar-refractivity contribution is 0.0489. The summed E-state index contributed by atoms with van der Waals surface area (Å²) in [5.41, 5.74) is 1.03. The van der Waals surface area contributed by atoms with Gasteiger partial charge in [-0.1, -0.05) is 29.3 Å². The molecule has 1 fully saturated rings. The molecule has 1 N–H and O–H groups in total. The fourth-order valence-electron chi connectivity index (χ4n) is 2.86. The molecule has 1 aromatic carbocycles. The van der Waals surface area contributed by atoms with Gasteiger partial charge in [-0.25, -0.2) is 4.79 Å². The first-order valence-corrected chi connectivity index (χ1v) is 9.18. The number of benzene rings is 1. The van der Waals surface area contributed by atoms with Crippen molar-refractivity contribution in [3.05, 3.63) is 33.8 Å². The Hall–Kier alpha value is -0.100. The Morgan fingerprint density at radius 1 is 1.25 bits per heavy atom. The standard InChI is InChI=1S/C15H16Cl5NO3/c16-12-2-1-9(6-13(12)17)5-10-3-4-21(7-11(10)8-22)14(23)24-15(18,19)20/h1-2,6,10-11,22H,3-5,7-8H2/t10-,11+/m1/s1. The van der Waals surface area contributed by atoms with Crippen molar-refractivity contribution in [1.29, 1.82) is 0 Å². The van der Waals surface area contributed by atoms with Gasteiger partial charge in [0.25, 0.3) is 0 Å². The minimum atomic E-state index is -2.09. The molecule has 1 aromatic rings. The zero-order chi connectivity index (χ0) is 17.9. The molecular formula is C15H16Cl5NO3. The van der Waals surface area contributed by atoms with Crippen molar-refractivity contribution in [2.75, 3.05) is 19.7 Å². The lowest BCUT2D eigenvalue weighted by Crippen LogP contribution is -2.46. The van der Waals surface area contributed by atoms with Crippen LogP contribution < -0.4 is 0 Å². The molecule has 1 saturated heterocycles. The van der Waals surface area contributed by atoms with Crippen molar-refractivity contribution in [3.8, 4) is 0 Å². The Morgan fingerprint density at radius 2 is 1.96 bits per heavy atom. The summed E-state index contributed by atoms with van der Waals surface area (Å²) >= 11 is 28.4. The summed E-state index contributed by atoms with van der Waals surface area (Å²) in [7, 11) is 0. The van der Waals surface area contributed by atoms with Crippen LogP contribution in [0.4, 0.5) is 4.79 Å². The molecule has 134 valence electrons. The van der Waals surface area contributed by atoms with Crippen molar-refractivity contribution in [2.24, 2.45) is 11.8 Å². The molecule has 0 radical (unpaired) electrons. The molecule has 0 bridgehead atoms. The number of likely N-dealkylation sites (tertiary alicyclic amines) is 1. The molecule has 1 amide bonds. The van der Waals surface area contributed by atoms with E-state index in [1.807, 2.05) is 12.1 Å². The quantitative estimate of drug-likeness (QED) is 0.685. The minimum absolute atomic E-state index is 0.0520. The Kier molecular flexibility index (Phi) is 7.18. The lowest BCUT2D eigenvalue weighted by Gasteiger charge is -2.37. The van der Waals surface area contributed by atoms with E-state index in [-0.39, 0.29) is 18.4 Å². The first-order valence-electron chi connectivity index (χ1n) is 7.29. The molecular weight excluding hydrogens is 419 g/mol. The molecule has 9 heteroatoms. The molecule has 24 heavy (non-hydrogen) atoms. The number of aliphatic hydroxyl groups excluding tert-OH is 1. The highest BCUT2D eigenvalue weighted by Crippen LogP contribution is 2.32. The number of alkyl halides is 3. The summed E-state index contributed by atoms with van der Waals surface area (Å²) in [6.07, 6.45) is 0.719. The second-order valence-electron chi connectivity index (χ2n) is 5.70. The fraction of sp³-hybridized carbons (Fsp3) is 0.533. The Morgan fingerprint density at radius 3 is 2.54 bits per heavy atom. The molecule has 0 spiro atoms. The molecule has 2 atom stereocenters. The van der Waals surface area contributed by atoms with Crippen molar-refractivity contribution in [3.63, 3.8) is 0 Å². The molecule has 0 aliphatic carbocycles. The number of hydrogen-bond acceptors (Lipinski definition) is 3. The Labute approximate surface area is 165 Å². The predicted octanol–water partition coefficient (Wildman–Crippen LogP) is 4.93. The maximum Gasteiger partial charge on any atom is 0.413 e. The highest BCUT2D eigenvalue weighted by atomic mass is 35.6. The van der Waals surface area contributed by atoms with Gasteiger partial charge >= 0.3 is 10.1 Å². The average Bonchev–Trinajstić information content (AvgIpc) is 2.49. The van der Waals surface area contributed by atoms with Gasteiger partial charge in [0.15, 0.2) is 0 Å². The fourth-order valence-corrected chi connectivity index (χ4v) is 3.37. The third kappa shape index (κ3) is 5.72. The van der Waals surface area contributed by atoms with Crippen molar-refractivity contribution in [1.82, 2.24) is 4.90 Å². The summed E-state index contributed by atoms with van der Waals surface area (Å²) in [5.74, 6) is 0.0974. The molecule has 0 saturated carbocycles. The third-order valence-corrected chi connectivity index (χ3v) is 5.04. The zero-order valence-corrected chi connectivity index (χ0v) is 16.3. The summed E-state index contributed by atoms with van der Waals surface area (Å²) in [4.78, 5) is 13.4. The van der Waals surface area contributed by atoms with Gasteiger partial charge in [-0.3, -0.25) is 0 Å². The van der Waals surface area contributed by atoms with E-state index in [0.29, 0.717) is 29.6 Å². The normalized spacial score (nSPS) is 21.7. The van der Waals surface area contributed by atoms with Gasteiger partial charge < -0.3 is 14.7 Å². The molecule has 1 heterocycles. The summed E-state index contributed by atoms with van der Waals surface area (Å²) in [6.45, 7) is 0.744. The second-order valence-corrected chi connectivity index (χ2v) is 8.70. The van der Waals surface area contributed by atoms with E-state index >= 15 is 0 Å². The van der Waals surface area contributed by atoms with E-state index in [1.165, 1.54) is 4.90 Å². The first-order chi connectivity index (χ1) is 11.2. The number of hydrogen-bond donors (Lipinski definition) is 1. The Bertz CT molecular complexity index is 593. The van der Waals surface area contributed by atoms with Gasteiger partial charge in [0.05, 0.1) is 10.0 Å². The van der Waals surface area contributed by atoms with Gasteiger partial charge in [0, 0.05) is 25.6 Å². The maximum absolute atomic E-state index is 12.0. The largest absolute Gasteiger partial charge is 0.413 e. The molecule has 4 nitrogen and oxygen atoms in total. The summed E-state index contributed by atoms with van der Waals surface area (Å²) < 4.78 is 2.63. The van der Waals surface area contributed by atoms with Crippen LogP contribution in [0.5, 0.6) is 0 Å². The molecule has 1 aliphatic heterocycles. The number of carbonyl (C=O) groups excluding carboxylic acids is 1.